The number of rotatable bonds is 7. The number of aromatic nitrogens is 2. The van der Waals surface area contributed by atoms with Crippen LogP contribution in [0.3, 0.4) is 0 Å². The fourth-order valence-electron chi connectivity index (χ4n) is 12.6. The van der Waals surface area contributed by atoms with E-state index < -0.39 is 0 Å². The molecule has 0 fully saturated rings. The average molecular weight is 1140 g/mol. The molecule has 5 heteroatoms. The van der Waals surface area contributed by atoms with Gasteiger partial charge in [-0.05, 0) is 183 Å². The Balaban J connectivity index is 1.21. The van der Waals surface area contributed by atoms with E-state index in [1.54, 1.807) is 0 Å². The molecule has 3 heterocycles. The first-order valence-corrected chi connectivity index (χ1v) is 31.5. The lowest BCUT2D eigenvalue weighted by Crippen LogP contribution is -2.61. The molecule has 0 bridgehead atoms. The summed E-state index contributed by atoms with van der Waals surface area (Å²) in [7, 11) is 0. The third kappa shape index (κ3) is 11.4. The predicted molar refractivity (Wildman–Crippen MR) is 375 cm³/mol. The number of nitrogens with zero attached hydrogens (tertiary/aromatic N) is 4. The van der Waals surface area contributed by atoms with Gasteiger partial charge >= 0.3 is 0 Å². The van der Waals surface area contributed by atoms with Crippen LogP contribution >= 0.6 is 0 Å². The number of anilines is 6. The van der Waals surface area contributed by atoms with E-state index >= 15 is 0 Å². The first-order valence-electron chi connectivity index (χ1n) is 31.5. The molecule has 0 N–H and O–H groups in total. The Kier molecular flexibility index (Phi) is 14.4. The normalized spacial score (nSPS) is 13.6. The Bertz CT molecular complexity index is 3910. The Morgan fingerprint density at radius 3 is 0.931 bits per heavy atom. The van der Waals surface area contributed by atoms with Crippen LogP contribution in [0.2, 0.25) is 0 Å². The number of hydrogen-bond acceptors (Lipinski definition) is 4. The largest absolute Gasteiger partial charge is 0.311 e. The third-order valence-corrected chi connectivity index (χ3v) is 18.2. The Morgan fingerprint density at radius 1 is 0.264 bits per heavy atom. The van der Waals surface area contributed by atoms with E-state index in [4.69, 9.17) is 9.97 Å². The summed E-state index contributed by atoms with van der Waals surface area (Å²) in [6.45, 7) is 41.7. The second-order valence-electron chi connectivity index (χ2n) is 31.0. The first-order chi connectivity index (χ1) is 40.9. The zero-order chi connectivity index (χ0) is 61.9. The summed E-state index contributed by atoms with van der Waals surface area (Å²) in [5.74, 6) is 0.712. The zero-order valence-electron chi connectivity index (χ0n) is 54.9. The van der Waals surface area contributed by atoms with Crippen LogP contribution < -0.4 is 26.2 Å². The van der Waals surface area contributed by atoms with Gasteiger partial charge in [0.1, 0.15) is 0 Å². The van der Waals surface area contributed by atoms with Gasteiger partial charge in [0.25, 0.3) is 6.71 Å². The number of fused-ring (bicyclic) bond motifs is 4. The van der Waals surface area contributed by atoms with Gasteiger partial charge in [-0.3, -0.25) is 0 Å². The molecule has 0 radical (unpaired) electrons. The Morgan fingerprint density at radius 2 is 0.586 bits per heavy atom. The van der Waals surface area contributed by atoms with Crippen molar-refractivity contribution in [3.05, 3.63) is 234 Å². The lowest BCUT2D eigenvalue weighted by atomic mass is 9.33. The molecule has 0 unspecified atom stereocenters. The van der Waals surface area contributed by atoms with Crippen LogP contribution in [-0.2, 0) is 32.5 Å². The minimum atomic E-state index is -0.116. The Hall–Kier alpha value is -8.28. The van der Waals surface area contributed by atoms with Crippen molar-refractivity contribution in [3.8, 4) is 56.2 Å². The number of benzene rings is 9. The molecular formula is C82H87BN4. The third-order valence-electron chi connectivity index (χ3n) is 18.2. The van der Waals surface area contributed by atoms with Crippen molar-refractivity contribution in [1.82, 2.24) is 9.97 Å². The molecule has 0 aliphatic carbocycles. The summed E-state index contributed by atoms with van der Waals surface area (Å²) >= 11 is 0. The van der Waals surface area contributed by atoms with Gasteiger partial charge in [-0.2, -0.15) is 0 Å². The summed E-state index contributed by atoms with van der Waals surface area (Å²) < 4.78 is 0. The molecule has 12 rings (SSSR count). The monoisotopic (exact) mass is 1140 g/mol. The molecule has 2 aliphatic heterocycles. The minimum absolute atomic E-state index is 0.0831. The van der Waals surface area contributed by atoms with Gasteiger partial charge in [-0.1, -0.05) is 246 Å². The van der Waals surface area contributed by atoms with E-state index in [0.717, 1.165) is 50.8 Å². The maximum absolute atomic E-state index is 5.87. The van der Waals surface area contributed by atoms with Crippen molar-refractivity contribution in [2.24, 2.45) is 0 Å². The van der Waals surface area contributed by atoms with Gasteiger partial charge in [-0.15, -0.1) is 0 Å². The maximum atomic E-state index is 5.87. The molecule has 9 aromatic carbocycles. The summed E-state index contributed by atoms with van der Waals surface area (Å²) in [4.78, 5) is 16.7. The van der Waals surface area contributed by atoms with Gasteiger partial charge in [0, 0.05) is 50.8 Å². The average Bonchev–Trinajstić information content (AvgIpc) is 0.712. The number of hydrogen-bond donors (Lipinski definition) is 0. The SMILES string of the molecule is CC(C)(C)c1cc(-c2cc(-c3cc4c5c(c3)N(c3ccc(-c6ccccc6)cc3)c3cc(C(C)(C)C)ccc3B5c3ccc(C(C)(C)C)cc3N4c3ccc(-c4ccccc4)cc3)nc(-c3cc(C(C)(C)C)cc(C(C)(C)C)c3)n2)cc(C(C)(C)C)c1. The molecular weight excluding hydrogens is 1050 g/mol. The van der Waals surface area contributed by atoms with Crippen molar-refractivity contribution in [1.29, 1.82) is 0 Å². The summed E-state index contributed by atoms with van der Waals surface area (Å²) in [6.07, 6.45) is 0. The van der Waals surface area contributed by atoms with Crippen LogP contribution in [0.5, 0.6) is 0 Å². The molecule has 0 spiro atoms. The van der Waals surface area contributed by atoms with Gasteiger partial charge < -0.3 is 9.80 Å². The van der Waals surface area contributed by atoms with E-state index in [-0.39, 0.29) is 39.2 Å². The van der Waals surface area contributed by atoms with Crippen LogP contribution in [0.4, 0.5) is 34.1 Å². The predicted octanol–water partition coefficient (Wildman–Crippen LogP) is 20.7. The molecule has 87 heavy (non-hydrogen) atoms. The maximum Gasteiger partial charge on any atom is 0.252 e. The van der Waals surface area contributed by atoms with Crippen molar-refractivity contribution in [2.75, 3.05) is 9.80 Å². The van der Waals surface area contributed by atoms with Crippen molar-refractivity contribution < 1.29 is 0 Å². The highest BCUT2D eigenvalue weighted by Crippen LogP contribution is 2.49. The zero-order valence-corrected chi connectivity index (χ0v) is 54.9. The van der Waals surface area contributed by atoms with E-state index in [1.165, 1.54) is 83.4 Å². The van der Waals surface area contributed by atoms with Crippen LogP contribution in [-0.4, -0.2) is 16.7 Å². The topological polar surface area (TPSA) is 32.3 Å². The fourth-order valence-corrected chi connectivity index (χ4v) is 12.6. The summed E-state index contributed by atoms with van der Waals surface area (Å²) in [6, 6.07) is 76.0. The molecule has 4 nitrogen and oxygen atoms in total. The second-order valence-corrected chi connectivity index (χ2v) is 31.0. The van der Waals surface area contributed by atoms with Gasteiger partial charge in [0.15, 0.2) is 5.82 Å². The first kappa shape index (κ1) is 59.1. The van der Waals surface area contributed by atoms with E-state index in [1.807, 2.05) is 0 Å². The molecule has 438 valence electrons. The van der Waals surface area contributed by atoms with E-state index in [2.05, 4.69) is 335 Å². The molecule has 2 aliphatic rings. The van der Waals surface area contributed by atoms with Crippen LogP contribution in [0.25, 0.3) is 56.2 Å². The minimum Gasteiger partial charge on any atom is -0.311 e. The van der Waals surface area contributed by atoms with E-state index in [0.29, 0.717) is 5.82 Å². The second kappa shape index (κ2) is 21.3. The van der Waals surface area contributed by atoms with Crippen molar-refractivity contribution >= 4 is 57.2 Å². The summed E-state index contributed by atoms with van der Waals surface area (Å²) in [5.41, 5.74) is 27.3. The quantitative estimate of drug-likeness (QED) is 0.149. The standard InChI is InChI=1S/C82H87BN4/c1-77(2,3)59-33-39-67-71(49-59)86(65-35-29-54(30-36-65)52-25-21-19-22-26-52)73-45-57(46-74-75(73)83(67)68-40-34-60(78(4,5)6)50-72(68)87(74)66-37-31-55(32-38-66)53-27-23-20-24-28-53)70-51-69(56-41-61(79(7,8)9)47-62(42-56)80(10,11)12)84-76(85-70)58-43-63(81(13,14)15)48-64(44-58)82(16,17)18/h19-51H,1-18H3. The van der Waals surface area contributed by atoms with Crippen molar-refractivity contribution in [2.45, 2.75) is 157 Å². The highest BCUT2D eigenvalue weighted by Gasteiger charge is 2.45. The lowest BCUT2D eigenvalue weighted by Gasteiger charge is -2.45. The molecule has 0 saturated carbocycles. The Labute approximate surface area is 520 Å². The lowest BCUT2D eigenvalue weighted by molar-refractivity contribution is 0.568. The molecule has 10 aromatic rings. The molecule has 0 saturated heterocycles. The van der Waals surface area contributed by atoms with Gasteiger partial charge in [-0.25, -0.2) is 9.97 Å². The van der Waals surface area contributed by atoms with E-state index in [9.17, 15) is 0 Å². The van der Waals surface area contributed by atoms with Crippen LogP contribution in [0, 0.1) is 0 Å². The smallest absolute Gasteiger partial charge is 0.252 e. The van der Waals surface area contributed by atoms with Crippen molar-refractivity contribution in [3.63, 3.8) is 0 Å². The molecule has 0 atom stereocenters. The highest BCUT2D eigenvalue weighted by atomic mass is 15.2. The molecule has 1 aromatic heterocycles. The molecule has 0 amide bonds. The van der Waals surface area contributed by atoms with Gasteiger partial charge in [0.05, 0.1) is 11.4 Å². The summed E-state index contributed by atoms with van der Waals surface area (Å²) in [5, 5.41) is 0. The van der Waals surface area contributed by atoms with Crippen LogP contribution in [0.15, 0.2) is 200 Å². The van der Waals surface area contributed by atoms with Gasteiger partial charge in [0.2, 0.25) is 0 Å². The fraction of sp³-hybridized carbons (Fsp3) is 0.293. The highest BCUT2D eigenvalue weighted by molar-refractivity contribution is 7.00. The van der Waals surface area contributed by atoms with Crippen LogP contribution in [0.1, 0.15) is 158 Å².